The van der Waals surface area contributed by atoms with E-state index in [0.29, 0.717) is 17.1 Å². The number of hydrogen-bond acceptors (Lipinski definition) is 4. The number of thioether (sulfide) groups is 1. The zero-order valence-corrected chi connectivity index (χ0v) is 19.5. The molecule has 0 aliphatic carbocycles. The number of rotatable bonds is 5. The molecule has 1 amide bonds. The highest BCUT2D eigenvalue weighted by Gasteiger charge is 2.23. The Hall–Kier alpha value is -3.88. The summed E-state index contributed by atoms with van der Waals surface area (Å²) in [6.45, 7) is 0.717. The smallest absolute Gasteiger partial charge is 0.237 e. The normalized spacial score (nSPS) is 12.6. The molecule has 5 heteroatoms. The summed E-state index contributed by atoms with van der Waals surface area (Å²) in [5.41, 5.74) is 6.25. The van der Waals surface area contributed by atoms with Crippen LogP contribution in [0.1, 0.15) is 17.5 Å². The minimum absolute atomic E-state index is 0.0363. The number of carbonyl (C=O) groups is 1. The lowest BCUT2D eigenvalue weighted by Crippen LogP contribution is -2.36. The third kappa shape index (κ3) is 4.46. The van der Waals surface area contributed by atoms with E-state index < -0.39 is 0 Å². The summed E-state index contributed by atoms with van der Waals surface area (Å²) >= 11 is 1.34. The SMILES string of the molecule is N#Cc1c(-c2ccccc2)cc(-c2ccccc2)nc1SCC(=O)N1CCCc2ccccc21. The summed E-state index contributed by atoms with van der Waals surface area (Å²) in [4.78, 5) is 19.9. The second kappa shape index (κ2) is 9.94. The summed E-state index contributed by atoms with van der Waals surface area (Å²) in [6.07, 6.45) is 1.95. The van der Waals surface area contributed by atoms with Crippen LogP contribution >= 0.6 is 11.8 Å². The largest absolute Gasteiger partial charge is 0.311 e. The number of benzene rings is 3. The van der Waals surface area contributed by atoms with Gasteiger partial charge in [-0.1, -0.05) is 90.6 Å². The lowest BCUT2D eigenvalue weighted by molar-refractivity contribution is -0.116. The Kier molecular flexibility index (Phi) is 6.42. The summed E-state index contributed by atoms with van der Waals surface area (Å²) in [5, 5.41) is 10.7. The standard InChI is InChI=1S/C29H23N3OS/c30-19-25-24(21-10-3-1-4-11-21)18-26(22-12-5-2-6-13-22)31-29(25)34-20-28(33)32-17-9-15-23-14-7-8-16-27(23)32/h1-8,10-14,16,18H,9,15,17,20H2. The van der Waals surface area contributed by atoms with Gasteiger partial charge in [0.2, 0.25) is 5.91 Å². The van der Waals surface area contributed by atoms with E-state index in [4.69, 9.17) is 4.98 Å². The molecule has 0 saturated heterocycles. The molecular weight excluding hydrogens is 438 g/mol. The molecule has 0 unspecified atom stereocenters. The van der Waals surface area contributed by atoms with Gasteiger partial charge in [0.15, 0.2) is 0 Å². The highest BCUT2D eigenvalue weighted by atomic mass is 32.2. The fourth-order valence-electron chi connectivity index (χ4n) is 4.34. The minimum Gasteiger partial charge on any atom is -0.311 e. The quantitative estimate of drug-likeness (QED) is 0.325. The van der Waals surface area contributed by atoms with Gasteiger partial charge in [0.1, 0.15) is 11.1 Å². The van der Waals surface area contributed by atoms with E-state index in [1.807, 2.05) is 89.8 Å². The molecule has 0 spiro atoms. The van der Waals surface area contributed by atoms with Crippen LogP contribution in [0.4, 0.5) is 5.69 Å². The Morgan fingerprint density at radius 1 is 0.941 bits per heavy atom. The first-order valence-electron chi connectivity index (χ1n) is 11.3. The van der Waals surface area contributed by atoms with Crippen molar-refractivity contribution in [3.63, 3.8) is 0 Å². The number of para-hydroxylation sites is 1. The van der Waals surface area contributed by atoms with Gasteiger partial charge in [0.25, 0.3) is 0 Å². The highest BCUT2D eigenvalue weighted by Crippen LogP contribution is 2.35. The molecule has 1 aliphatic heterocycles. The number of aryl methyl sites for hydroxylation is 1. The summed E-state index contributed by atoms with van der Waals surface area (Å²) in [6, 6.07) is 32.2. The van der Waals surface area contributed by atoms with Gasteiger partial charge < -0.3 is 4.90 Å². The number of aromatic nitrogens is 1. The van der Waals surface area contributed by atoms with Gasteiger partial charge in [-0.15, -0.1) is 0 Å². The van der Waals surface area contributed by atoms with Gasteiger partial charge in [0.05, 0.1) is 17.0 Å². The van der Waals surface area contributed by atoms with Crippen LogP contribution in [0.5, 0.6) is 0 Å². The van der Waals surface area contributed by atoms with Crippen LogP contribution in [-0.4, -0.2) is 23.2 Å². The third-order valence-corrected chi connectivity index (χ3v) is 6.96. The Labute approximate surface area is 203 Å². The van der Waals surface area contributed by atoms with Crippen molar-refractivity contribution in [3.8, 4) is 28.5 Å². The van der Waals surface area contributed by atoms with Crippen LogP contribution in [0.25, 0.3) is 22.4 Å². The summed E-state index contributed by atoms with van der Waals surface area (Å²) < 4.78 is 0. The van der Waals surface area contributed by atoms with Crippen molar-refractivity contribution in [2.24, 2.45) is 0 Å². The highest BCUT2D eigenvalue weighted by molar-refractivity contribution is 8.00. The van der Waals surface area contributed by atoms with Crippen LogP contribution in [0.3, 0.4) is 0 Å². The van der Waals surface area contributed by atoms with E-state index in [1.165, 1.54) is 17.3 Å². The van der Waals surface area contributed by atoms with Crippen LogP contribution < -0.4 is 4.90 Å². The molecule has 5 rings (SSSR count). The van der Waals surface area contributed by atoms with E-state index in [2.05, 4.69) is 12.1 Å². The number of amides is 1. The van der Waals surface area contributed by atoms with Crippen molar-refractivity contribution >= 4 is 23.4 Å². The molecule has 1 aliphatic rings. The molecule has 0 atom stereocenters. The van der Waals surface area contributed by atoms with E-state index >= 15 is 0 Å². The summed E-state index contributed by atoms with van der Waals surface area (Å²) in [5.74, 6) is 0.261. The fraction of sp³-hybridized carbons (Fsp3) is 0.138. The lowest BCUT2D eigenvalue weighted by Gasteiger charge is -2.29. The second-order valence-corrected chi connectivity index (χ2v) is 9.11. The van der Waals surface area contributed by atoms with Crippen LogP contribution in [0, 0.1) is 11.3 Å². The molecule has 166 valence electrons. The predicted molar refractivity (Wildman–Crippen MR) is 138 cm³/mol. The first-order chi connectivity index (χ1) is 16.7. The second-order valence-electron chi connectivity index (χ2n) is 8.15. The predicted octanol–water partition coefficient (Wildman–Crippen LogP) is 6.36. The van der Waals surface area contributed by atoms with E-state index in [-0.39, 0.29) is 11.7 Å². The van der Waals surface area contributed by atoms with Crippen LogP contribution in [0.2, 0.25) is 0 Å². The number of nitriles is 1. The molecule has 34 heavy (non-hydrogen) atoms. The Bertz CT molecular complexity index is 1360. The van der Waals surface area contributed by atoms with Crippen molar-refractivity contribution in [3.05, 3.63) is 102 Å². The minimum atomic E-state index is 0.0363. The van der Waals surface area contributed by atoms with Crippen molar-refractivity contribution in [2.45, 2.75) is 17.9 Å². The molecule has 3 aromatic carbocycles. The monoisotopic (exact) mass is 461 g/mol. The van der Waals surface area contributed by atoms with Gasteiger partial charge in [0, 0.05) is 23.4 Å². The molecule has 0 radical (unpaired) electrons. The molecule has 0 saturated carbocycles. The average molecular weight is 462 g/mol. The van der Waals surface area contributed by atoms with Gasteiger partial charge >= 0.3 is 0 Å². The third-order valence-electron chi connectivity index (χ3n) is 6.00. The van der Waals surface area contributed by atoms with Crippen LogP contribution in [0.15, 0.2) is 96.0 Å². The van der Waals surface area contributed by atoms with Gasteiger partial charge in [-0.3, -0.25) is 4.79 Å². The number of anilines is 1. The lowest BCUT2D eigenvalue weighted by atomic mass is 9.99. The van der Waals surface area contributed by atoms with Gasteiger partial charge in [-0.05, 0) is 36.1 Å². The molecule has 4 nitrogen and oxygen atoms in total. The maximum Gasteiger partial charge on any atom is 0.237 e. The van der Waals surface area contributed by atoms with Crippen molar-refractivity contribution in [2.75, 3.05) is 17.2 Å². The number of fused-ring (bicyclic) bond motifs is 1. The molecule has 0 fully saturated rings. The topological polar surface area (TPSA) is 57.0 Å². The maximum absolute atomic E-state index is 13.2. The van der Waals surface area contributed by atoms with Crippen molar-refractivity contribution in [1.82, 2.24) is 4.98 Å². The molecule has 0 N–H and O–H groups in total. The fourth-order valence-corrected chi connectivity index (χ4v) is 5.22. The summed E-state index contributed by atoms with van der Waals surface area (Å²) in [7, 11) is 0. The zero-order chi connectivity index (χ0) is 23.3. The van der Waals surface area contributed by atoms with Gasteiger partial charge in [-0.25, -0.2) is 4.98 Å². The van der Waals surface area contributed by atoms with Gasteiger partial charge in [-0.2, -0.15) is 5.26 Å². The molecule has 0 bridgehead atoms. The van der Waals surface area contributed by atoms with Crippen LogP contribution in [-0.2, 0) is 11.2 Å². The molecular formula is C29H23N3OS. The molecule has 2 heterocycles. The molecule has 4 aromatic rings. The van der Waals surface area contributed by atoms with E-state index in [9.17, 15) is 10.1 Å². The first kappa shape index (κ1) is 21.9. The van der Waals surface area contributed by atoms with Crippen molar-refractivity contribution < 1.29 is 4.79 Å². The number of hydrogen-bond donors (Lipinski definition) is 0. The zero-order valence-electron chi connectivity index (χ0n) is 18.6. The maximum atomic E-state index is 13.2. The number of pyridine rings is 1. The average Bonchev–Trinajstić information content (AvgIpc) is 2.91. The van der Waals surface area contributed by atoms with E-state index in [1.54, 1.807) is 0 Å². The first-order valence-corrected chi connectivity index (χ1v) is 12.3. The van der Waals surface area contributed by atoms with Crippen molar-refractivity contribution in [1.29, 1.82) is 5.26 Å². The Balaban J connectivity index is 1.50. The number of nitrogens with zero attached hydrogens (tertiary/aromatic N) is 3. The Morgan fingerprint density at radius 3 is 2.35 bits per heavy atom. The van der Waals surface area contributed by atoms with E-state index in [0.717, 1.165) is 40.9 Å². The Morgan fingerprint density at radius 2 is 1.62 bits per heavy atom. The molecule has 1 aromatic heterocycles. The number of carbonyl (C=O) groups excluding carboxylic acids is 1.